The monoisotopic (exact) mass is 214 g/mol. The lowest BCUT2D eigenvalue weighted by molar-refractivity contribution is 1.07. The number of hydrogen-bond donors (Lipinski definition) is 0. The van der Waals surface area contributed by atoms with Crippen molar-refractivity contribution in [2.45, 2.75) is 0 Å². The summed E-state index contributed by atoms with van der Waals surface area (Å²) in [6.45, 7) is 10.9. The van der Waals surface area contributed by atoms with Crippen LogP contribution in [0.15, 0.2) is 54.6 Å². The molecule has 0 fully saturated rings. The van der Waals surface area contributed by atoms with Gasteiger partial charge in [-0.1, -0.05) is 19.2 Å². The molecule has 1 aromatic heterocycles. The van der Waals surface area contributed by atoms with Crippen molar-refractivity contribution in [1.82, 2.24) is 9.97 Å². The molecule has 16 heavy (non-hydrogen) atoms. The molecule has 4 heteroatoms. The van der Waals surface area contributed by atoms with Gasteiger partial charge in [-0.3, -0.25) is 0 Å². The van der Waals surface area contributed by atoms with E-state index in [0.29, 0.717) is 5.82 Å². The molecule has 1 rings (SSSR count). The summed E-state index contributed by atoms with van der Waals surface area (Å²) < 4.78 is 0. The van der Waals surface area contributed by atoms with Crippen molar-refractivity contribution < 1.29 is 0 Å². The quantitative estimate of drug-likeness (QED) is 0.558. The van der Waals surface area contributed by atoms with Gasteiger partial charge >= 0.3 is 0 Å². The fourth-order valence-electron chi connectivity index (χ4n) is 1.25. The minimum absolute atomic E-state index is 0.536. The molecule has 0 aliphatic heterocycles. The third-order valence-corrected chi connectivity index (χ3v) is 2.07. The number of likely N-dealkylation sites (N-methyl/N-ethyl adjacent to an activating group) is 1. The molecule has 0 spiro atoms. The van der Waals surface area contributed by atoms with E-state index in [9.17, 15) is 0 Å². The van der Waals surface area contributed by atoms with E-state index in [1.807, 2.05) is 18.0 Å². The Kier molecular flexibility index (Phi) is 4.15. The Balaban J connectivity index is 3.17. The minimum atomic E-state index is 0.536. The molecule has 0 bridgehead atoms. The van der Waals surface area contributed by atoms with Gasteiger partial charge in [0.15, 0.2) is 5.82 Å². The maximum Gasteiger partial charge on any atom is 0.178 e. The molecule has 0 saturated carbocycles. The van der Waals surface area contributed by atoms with Crippen molar-refractivity contribution >= 4 is 18.2 Å². The van der Waals surface area contributed by atoms with Gasteiger partial charge in [0.1, 0.15) is 12.0 Å². The second-order valence-corrected chi connectivity index (χ2v) is 2.98. The van der Waals surface area contributed by atoms with Crippen molar-refractivity contribution in [2.75, 3.05) is 11.9 Å². The fraction of sp³-hybridized carbons (Fsp3) is 0.0833. The van der Waals surface area contributed by atoms with Crippen LogP contribution < -0.4 is 4.90 Å². The third-order valence-electron chi connectivity index (χ3n) is 2.07. The normalized spacial score (nSPS) is 10.7. The Labute approximate surface area is 95.4 Å². The summed E-state index contributed by atoms with van der Waals surface area (Å²) in [7, 11) is 1.88. The second kappa shape index (κ2) is 5.60. The summed E-state index contributed by atoms with van der Waals surface area (Å²) in [5.41, 5.74) is 1.65. The van der Waals surface area contributed by atoms with Gasteiger partial charge in [-0.25, -0.2) is 15.0 Å². The van der Waals surface area contributed by atoms with Gasteiger partial charge in [-0.15, -0.1) is 0 Å². The Morgan fingerprint density at radius 3 is 2.81 bits per heavy atom. The molecule has 0 atom stereocenters. The smallest absolute Gasteiger partial charge is 0.178 e. The predicted molar refractivity (Wildman–Crippen MR) is 68.1 cm³/mol. The maximum atomic E-state index is 4.03. The van der Waals surface area contributed by atoms with E-state index in [1.165, 1.54) is 6.33 Å². The van der Waals surface area contributed by atoms with E-state index < -0.39 is 0 Å². The van der Waals surface area contributed by atoms with Gasteiger partial charge < -0.3 is 4.90 Å². The first-order valence-corrected chi connectivity index (χ1v) is 4.70. The molecule has 82 valence electrons. The first kappa shape index (κ1) is 11.8. The lowest BCUT2D eigenvalue weighted by Crippen LogP contribution is -2.15. The number of anilines is 1. The van der Waals surface area contributed by atoms with Gasteiger partial charge in [0, 0.05) is 12.7 Å². The number of nitrogens with zero attached hydrogens (tertiary/aromatic N) is 4. The van der Waals surface area contributed by atoms with E-state index in [-0.39, 0.29) is 0 Å². The number of rotatable bonds is 5. The van der Waals surface area contributed by atoms with Gasteiger partial charge in [0.25, 0.3) is 0 Å². The zero-order valence-electron chi connectivity index (χ0n) is 9.30. The standard InChI is InChI=1S/C12H14N4/c1-5-7-10(6-2)16(4)11-8-14-9-15-12(11)13-3/h5-9H,1-3H2,4H3/b10-7+. The maximum absolute atomic E-state index is 4.03. The predicted octanol–water partition coefficient (Wildman–Crippen LogP) is 2.50. The zero-order chi connectivity index (χ0) is 12.0. The van der Waals surface area contributed by atoms with Gasteiger partial charge in [-0.05, 0) is 18.9 Å². The SMILES string of the molecule is C=C/C=C(\C=C)N(C)c1cncnc1N=C. The Morgan fingerprint density at radius 2 is 2.25 bits per heavy atom. The fourth-order valence-corrected chi connectivity index (χ4v) is 1.25. The van der Waals surface area contributed by atoms with Crippen LogP contribution in [0.2, 0.25) is 0 Å². The van der Waals surface area contributed by atoms with Crippen molar-refractivity contribution in [3.05, 3.63) is 49.6 Å². The molecule has 0 aliphatic carbocycles. The van der Waals surface area contributed by atoms with E-state index >= 15 is 0 Å². The third kappa shape index (κ3) is 2.42. The van der Waals surface area contributed by atoms with Crippen LogP contribution in [0.1, 0.15) is 0 Å². The lowest BCUT2D eigenvalue weighted by Gasteiger charge is -2.20. The summed E-state index contributed by atoms with van der Waals surface area (Å²) in [6, 6.07) is 0. The highest BCUT2D eigenvalue weighted by Gasteiger charge is 2.09. The van der Waals surface area contributed by atoms with E-state index in [4.69, 9.17) is 0 Å². The van der Waals surface area contributed by atoms with E-state index in [1.54, 1.807) is 18.3 Å². The second-order valence-electron chi connectivity index (χ2n) is 2.98. The molecule has 1 heterocycles. The number of hydrogen-bond acceptors (Lipinski definition) is 4. The molecule has 4 nitrogen and oxygen atoms in total. The van der Waals surface area contributed by atoms with Gasteiger partial charge in [-0.2, -0.15) is 0 Å². The zero-order valence-corrected chi connectivity index (χ0v) is 9.30. The molecule has 0 aliphatic rings. The molecule has 0 N–H and O–H groups in total. The molecule has 1 aromatic rings. The number of aromatic nitrogens is 2. The number of allylic oxidation sites excluding steroid dienone is 3. The molecule has 0 unspecified atom stereocenters. The number of aliphatic imine (C=N–C) groups is 1. The Hall–Kier alpha value is -2.23. The van der Waals surface area contributed by atoms with Crippen LogP contribution in [0.5, 0.6) is 0 Å². The van der Waals surface area contributed by atoms with Crippen LogP contribution in [0.3, 0.4) is 0 Å². The van der Waals surface area contributed by atoms with Gasteiger partial charge in [0.2, 0.25) is 0 Å². The van der Waals surface area contributed by atoms with Crippen molar-refractivity contribution in [3.8, 4) is 0 Å². The van der Waals surface area contributed by atoms with Crippen molar-refractivity contribution in [2.24, 2.45) is 4.99 Å². The highest BCUT2D eigenvalue weighted by Crippen LogP contribution is 2.26. The molecule has 0 radical (unpaired) electrons. The van der Waals surface area contributed by atoms with Crippen LogP contribution in [-0.2, 0) is 0 Å². The molecule has 0 amide bonds. The van der Waals surface area contributed by atoms with Gasteiger partial charge in [0.05, 0.1) is 6.20 Å². The average molecular weight is 214 g/mol. The van der Waals surface area contributed by atoms with Crippen molar-refractivity contribution in [1.29, 1.82) is 0 Å². The summed E-state index contributed by atoms with van der Waals surface area (Å²) in [5.74, 6) is 0.536. The molecular formula is C12H14N4. The van der Waals surface area contributed by atoms with Crippen molar-refractivity contribution in [3.63, 3.8) is 0 Å². The summed E-state index contributed by atoms with van der Waals surface area (Å²) in [5, 5.41) is 0. The van der Waals surface area contributed by atoms with E-state index in [2.05, 4.69) is 34.8 Å². The van der Waals surface area contributed by atoms with Crippen LogP contribution >= 0.6 is 0 Å². The van der Waals surface area contributed by atoms with Crippen LogP contribution in [0.25, 0.3) is 0 Å². The lowest BCUT2D eigenvalue weighted by atomic mass is 10.3. The first-order chi connectivity index (χ1) is 7.74. The highest BCUT2D eigenvalue weighted by molar-refractivity contribution is 5.67. The highest BCUT2D eigenvalue weighted by atomic mass is 15.2. The largest absolute Gasteiger partial charge is 0.340 e. The van der Waals surface area contributed by atoms with Crippen LogP contribution in [0.4, 0.5) is 11.5 Å². The van der Waals surface area contributed by atoms with E-state index in [0.717, 1.165) is 11.4 Å². The Bertz CT molecular complexity index is 434. The minimum Gasteiger partial charge on any atom is -0.340 e. The summed E-state index contributed by atoms with van der Waals surface area (Å²) >= 11 is 0. The average Bonchev–Trinajstić information content (AvgIpc) is 2.35. The summed E-state index contributed by atoms with van der Waals surface area (Å²) in [6.07, 6.45) is 8.37. The first-order valence-electron chi connectivity index (χ1n) is 4.70. The molecular weight excluding hydrogens is 200 g/mol. The topological polar surface area (TPSA) is 41.4 Å². The molecule has 0 saturated heterocycles. The Morgan fingerprint density at radius 1 is 1.50 bits per heavy atom. The molecule has 0 aromatic carbocycles. The van der Waals surface area contributed by atoms with Crippen LogP contribution in [0, 0.1) is 0 Å². The van der Waals surface area contributed by atoms with Crippen LogP contribution in [-0.4, -0.2) is 23.7 Å². The summed E-state index contributed by atoms with van der Waals surface area (Å²) in [4.78, 5) is 13.7.